The van der Waals surface area contributed by atoms with Crippen molar-refractivity contribution in [1.29, 1.82) is 0 Å². The second kappa shape index (κ2) is 8.80. The summed E-state index contributed by atoms with van der Waals surface area (Å²) in [4.78, 5) is 0. The van der Waals surface area contributed by atoms with Crippen molar-refractivity contribution in [2.45, 2.75) is 19.3 Å². The van der Waals surface area contributed by atoms with E-state index >= 15 is 0 Å². The van der Waals surface area contributed by atoms with Gasteiger partial charge in [0.15, 0.2) is 0 Å². The minimum absolute atomic E-state index is 0.000933. The molecular formula is C45H30. The Morgan fingerprint density at radius 1 is 0.333 bits per heavy atom. The van der Waals surface area contributed by atoms with Crippen LogP contribution < -0.4 is 0 Å². The molecule has 1 aliphatic rings. The van der Waals surface area contributed by atoms with Crippen LogP contribution in [0.25, 0.3) is 87.2 Å². The quantitative estimate of drug-likeness (QED) is 0.143. The third kappa shape index (κ3) is 3.37. The van der Waals surface area contributed by atoms with Crippen LogP contribution in [-0.2, 0) is 5.41 Å². The van der Waals surface area contributed by atoms with E-state index in [0.717, 1.165) is 0 Å². The first kappa shape index (κ1) is 24.9. The first-order chi connectivity index (χ1) is 22.1. The monoisotopic (exact) mass is 570 g/mol. The van der Waals surface area contributed by atoms with E-state index in [9.17, 15) is 0 Å². The molecule has 0 N–H and O–H groups in total. The first-order valence-corrected chi connectivity index (χ1v) is 15.9. The molecule has 0 heterocycles. The fourth-order valence-corrected chi connectivity index (χ4v) is 8.37. The van der Waals surface area contributed by atoms with Crippen LogP contribution in [0.2, 0.25) is 0 Å². The van der Waals surface area contributed by atoms with E-state index in [1.54, 1.807) is 0 Å². The van der Waals surface area contributed by atoms with Gasteiger partial charge >= 0.3 is 0 Å². The predicted octanol–water partition coefficient (Wildman–Crippen LogP) is 12.5. The Bertz CT molecular complexity index is 2620. The van der Waals surface area contributed by atoms with Gasteiger partial charge in [0.2, 0.25) is 0 Å². The zero-order valence-corrected chi connectivity index (χ0v) is 25.4. The third-order valence-corrected chi connectivity index (χ3v) is 10.6. The van der Waals surface area contributed by atoms with Crippen LogP contribution in [0, 0.1) is 0 Å². The van der Waals surface area contributed by atoms with E-state index in [2.05, 4.69) is 159 Å². The maximum Gasteiger partial charge on any atom is 0.0159 e. The van der Waals surface area contributed by atoms with Crippen LogP contribution in [0.5, 0.6) is 0 Å². The Balaban J connectivity index is 1.10. The van der Waals surface area contributed by atoms with Crippen LogP contribution in [0.3, 0.4) is 0 Å². The van der Waals surface area contributed by atoms with E-state index in [1.165, 1.54) is 98.4 Å². The lowest BCUT2D eigenvalue weighted by atomic mass is 9.81. The summed E-state index contributed by atoms with van der Waals surface area (Å²) < 4.78 is 0. The zero-order valence-electron chi connectivity index (χ0n) is 25.4. The third-order valence-electron chi connectivity index (χ3n) is 10.6. The zero-order chi connectivity index (χ0) is 29.9. The summed E-state index contributed by atoms with van der Waals surface area (Å²) in [6, 6.07) is 54.7. The molecule has 9 aromatic carbocycles. The number of benzene rings is 9. The van der Waals surface area contributed by atoms with Gasteiger partial charge in [-0.25, -0.2) is 0 Å². The molecule has 45 heavy (non-hydrogen) atoms. The van der Waals surface area contributed by atoms with Gasteiger partial charge in [-0.05, 0) is 117 Å². The molecule has 0 aromatic heterocycles. The van der Waals surface area contributed by atoms with Crippen molar-refractivity contribution >= 4 is 53.9 Å². The highest BCUT2D eigenvalue weighted by atomic mass is 14.4. The molecule has 0 atom stereocenters. The van der Waals surface area contributed by atoms with Crippen molar-refractivity contribution in [3.05, 3.63) is 157 Å². The summed E-state index contributed by atoms with van der Waals surface area (Å²) in [5.74, 6) is 0. The molecule has 0 nitrogen and oxygen atoms in total. The molecule has 0 spiro atoms. The lowest BCUT2D eigenvalue weighted by Gasteiger charge is -2.22. The van der Waals surface area contributed by atoms with Crippen molar-refractivity contribution in [1.82, 2.24) is 0 Å². The van der Waals surface area contributed by atoms with Crippen LogP contribution in [0.1, 0.15) is 25.0 Å². The first-order valence-electron chi connectivity index (χ1n) is 15.9. The molecule has 0 saturated carbocycles. The second-order valence-corrected chi connectivity index (χ2v) is 13.3. The Hall–Kier alpha value is -5.46. The Morgan fingerprint density at radius 3 is 1.69 bits per heavy atom. The molecule has 0 heteroatoms. The normalized spacial score (nSPS) is 13.7. The van der Waals surface area contributed by atoms with Crippen molar-refractivity contribution in [3.8, 4) is 33.4 Å². The second-order valence-electron chi connectivity index (χ2n) is 13.3. The molecule has 1 aliphatic carbocycles. The van der Waals surface area contributed by atoms with Crippen molar-refractivity contribution in [2.75, 3.05) is 0 Å². The summed E-state index contributed by atoms with van der Waals surface area (Å²) in [5, 5.41) is 13.2. The highest BCUT2D eigenvalue weighted by molar-refractivity contribution is 6.34. The Kier molecular flexibility index (Phi) is 4.88. The Morgan fingerprint density at radius 2 is 0.889 bits per heavy atom. The lowest BCUT2D eigenvalue weighted by molar-refractivity contribution is 0.660. The van der Waals surface area contributed by atoms with Crippen LogP contribution in [-0.4, -0.2) is 0 Å². The van der Waals surface area contributed by atoms with Gasteiger partial charge in [0, 0.05) is 5.41 Å². The van der Waals surface area contributed by atoms with Gasteiger partial charge in [-0.15, -0.1) is 0 Å². The van der Waals surface area contributed by atoms with Crippen molar-refractivity contribution < 1.29 is 0 Å². The van der Waals surface area contributed by atoms with E-state index in [1.807, 2.05) is 0 Å². The smallest absolute Gasteiger partial charge is 0.0159 e. The van der Waals surface area contributed by atoms with E-state index in [4.69, 9.17) is 0 Å². The Labute approximate surface area is 262 Å². The number of hydrogen-bond acceptors (Lipinski definition) is 0. The molecule has 9 aromatic rings. The standard InChI is InChI=1S/C45H30/c1-45(2)41-15-4-3-10-34(41)35-21-20-31(26-42(35)45)29-16-17-30-25-32(19-18-28(30)24-29)33-22-23-40-38-12-6-9-27-8-5-11-37(43(27)38)39-14-7-13-36(33)44(39)40/h3-26H,1-2H3. The van der Waals surface area contributed by atoms with Gasteiger partial charge in [0.05, 0.1) is 0 Å². The molecule has 0 fully saturated rings. The summed E-state index contributed by atoms with van der Waals surface area (Å²) in [7, 11) is 0. The maximum atomic E-state index is 2.42. The van der Waals surface area contributed by atoms with Crippen LogP contribution in [0.4, 0.5) is 0 Å². The average Bonchev–Trinajstić information content (AvgIpc) is 3.32. The minimum atomic E-state index is 0.000933. The van der Waals surface area contributed by atoms with Gasteiger partial charge in [-0.2, -0.15) is 0 Å². The van der Waals surface area contributed by atoms with Gasteiger partial charge < -0.3 is 0 Å². The molecule has 0 saturated heterocycles. The van der Waals surface area contributed by atoms with E-state index in [-0.39, 0.29) is 5.41 Å². The molecule has 10 rings (SSSR count). The van der Waals surface area contributed by atoms with Gasteiger partial charge in [0.1, 0.15) is 0 Å². The molecule has 0 aliphatic heterocycles. The molecule has 0 bridgehead atoms. The highest BCUT2D eigenvalue weighted by Gasteiger charge is 2.35. The van der Waals surface area contributed by atoms with Gasteiger partial charge in [-0.1, -0.05) is 141 Å². The van der Waals surface area contributed by atoms with Crippen molar-refractivity contribution in [2.24, 2.45) is 0 Å². The maximum absolute atomic E-state index is 2.42. The number of hydrogen-bond donors (Lipinski definition) is 0. The van der Waals surface area contributed by atoms with Gasteiger partial charge in [0.25, 0.3) is 0 Å². The summed E-state index contributed by atoms with van der Waals surface area (Å²) in [6.07, 6.45) is 0. The molecule has 210 valence electrons. The molecule has 0 unspecified atom stereocenters. The van der Waals surface area contributed by atoms with E-state index < -0.39 is 0 Å². The topological polar surface area (TPSA) is 0 Å². The minimum Gasteiger partial charge on any atom is -0.0619 e. The summed E-state index contributed by atoms with van der Waals surface area (Å²) in [5.41, 5.74) is 10.7. The lowest BCUT2D eigenvalue weighted by Crippen LogP contribution is -2.14. The van der Waals surface area contributed by atoms with Crippen LogP contribution in [0.15, 0.2) is 146 Å². The predicted molar refractivity (Wildman–Crippen MR) is 194 cm³/mol. The fraction of sp³-hybridized carbons (Fsp3) is 0.0667. The fourth-order valence-electron chi connectivity index (χ4n) is 8.37. The SMILES string of the molecule is CC1(C)c2ccccc2-c2ccc(-c3ccc4cc(-c5ccc6c7cccc8cccc(c9cccc5c96)c87)ccc4c3)cc21. The highest BCUT2D eigenvalue weighted by Crippen LogP contribution is 2.50. The number of rotatable bonds is 2. The summed E-state index contributed by atoms with van der Waals surface area (Å²) in [6.45, 7) is 4.70. The average molecular weight is 571 g/mol. The summed E-state index contributed by atoms with van der Waals surface area (Å²) >= 11 is 0. The van der Waals surface area contributed by atoms with Crippen LogP contribution >= 0.6 is 0 Å². The largest absolute Gasteiger partial charge is 0.0619 e. The molecule has 0 amide bonds. The van der Waals surface area contributed by atoms with E-state index in [0.29, 0.717) is 0 Å². The number of fused-ring (bicyclic) bond motifs is 6. The molecular weight excluding hydrogens is 540 g/mol. The molecule has 0 radical (unpaired) electrons. The van der Waals surface area contributed by atoms with Gasteiger partial charge in [-0.3, -0.25) is 0 Å². The van der Waals surface area contributed by atoms with Crippen molar-refractivity contribution in [3.63, 3.8) is 0 Å².